The Morgan fingerprint density at radius 2 is 1.96 bits per heavy atom. The lowest BCUT2D eigenvalue weighted by Gasteiger charge is -2.22. The molecule has 11 nitrogen and oxygen atoms in total. The van der Waals surface area contributed by atoms with Crippen molar-refractivity contribution in [3.63, 3.8) is 0 Å². The first-order valence-electron chi connectivity index (χ1n) is 6.84. The molecule has 12 heteroatoms. The van der Waals surface area contributed by atoms with E-state index >= 15 is 0 Å². The van der Waals surface area contributed by atoms with Crippen LogP contribution in [0.1, 0.15) is 6.23 Å². The van der Waals surface area contributed by atoms with E-state index in [2.05, 4.69) is 9.51 Å². The van der Waals surface area contributed by atoms with Gasteiger partial charge in [0.15, 0.2) is 18.9 Å². The van der Waals surface area contributed by atoms with Gasteiger partial charge in [0, 0.05) is 33.6 Å². The van der Waals surface area contributed by atoms with Gasteiger partial charge in [-0.2, -0.15) is 0 Å². The quantitative estimate of drug-likeness (QED) is 0.595. The molecule has 1 aromatic heterocycles. The summed E-state index contributed by atoms with van der Waals surface area (Å²) in [6.07, 6.45) is -2.97. The Hall–Kier alpha value is -1.33. The van der Waals surface area contributed by atoms with Crippen molar-refractivity contribution in [3.8, 4) is 0 Å². The zero-order valence-electron chi connectivity index (χ0n) is 13.3. The predicted octanol–water partition coefficient (Wildman–Crippen LogP) is -0.773. The monoisotopic (exact) mass is 366 g/mol. The average molecular weight is 366 g/mol. The first-order valence-corrected chi connectivity index (χ1v) is 8.61. The Morgan fingerprint density at radius 1 is 1.29 bits per heavy atom. The van der Waals surface area contributed by atoms with E-state index in [-0.39, 0.29) is 0 Å². The van der Waals surface area contributed by atoms with Crippen LogP contribution < -0.4 is 11.2 Å². The molecule has 1 fully saturated rings. The number of nitrogens with zero attached hydrogens (tertiary/aromatic N) is 1. The van der Waals surface area contributed by atoms with Gasteiger partial charge in [0.2, 0.25) is 0 Å². The minimum atomic E-state index is -3.91. The molecule has 1 aliphatic rings. The van der Waals surface area contributed by atoms with Gasteiger partial charge in [-0.15, -0.1) is 0 Å². The number of hydrogen-bond donors (Lipinski definition) is 2. The van der Waals surface area contributed by atoms with Crippen molar-refractivity contribution in [3.05, 3.63) is 33.1 Å². The van der Waals surface area contributed by atoms with Crippen molar-refractivity contribution in [2.45, 2.75) is 24.7 Å². The number of nitrogens with one attached hydrogen (secondary N) is 1. The largest absolute Gasteiger partial charge is 0.374 e. The van der Waals surface area contributed by atoms with E-state index in [0.29, 0.717) is 0 Å². The number of hydrogen-bond acceptors (Lipinski definition) is 8. The first-order chi connectivity index (χ1) is 11.3. The molecule has 2 N–H and O–H groups in total. The highest BCUT2D eigenvalue weighted by atomic mass is 31.2. The normalized spacial score (nSPS) is 29.5. The SMILES string of the molecule is CO[C@@H]1[C@@H](OCP(=O)(O)OC)O[C@@H](n2ccc(=O)[nH]c2=O)[C@@H]1OC. The van der Waals surface area contributed by atoms with Gasteiger partial charge in [-0.05, 0) is 0 Å². The number of aromatic amines is 1. The van der Waals surface area contributed by atoms with Crippen LogP contribution in [0.15, 0.2) is 21.9 Å². The van der Waals surface area contributed by atoms with Crippen molar-refractivity contribution in [1.29, 1.82) is 0 Å². The van der Waals surface area contributed by atoms with Crippen LogP contribution in [-0.2, 0) is 28.0 Å². The Balaban J connectivity index is 2.25. The lowest BCUT2D eigenvalue weighted by Crippen LogP contribution is -2.39. The molecule has 0 amide bonds. The van der Waals surface area contributed by atoms with Crippen molar-refractivity contribution < 1.29 is 32.9 Å². The summed E-state index contributed by atoms with van der Waals surface area (Å²) in [5, 5.41) is 0. The van der Waals surface area contributed by atoms with Gasteiger partial charge < -0.3 is 28.4 Å². The second-order valence-corrected chi connectivity index (χ2v) is 6.83. The molecular weight excluding hydrogens is 347 g/mol. The predicted molar refractivity (Wildman–Crippen MR) is 79.6 cm³/mol. The topological polar surface area (TPSA) is 138 Å². The van der Waals surface area contributed by atoms with Crippen LogP contribution >= 0.6 is 7.60 Å². The summed E-state index contributed by atoms with van der Waals surface area (Å²) in [7, 11) is -0.0706. The highest BCUT2D eigenvalue weighted by molar-refractivity contribution is 7.52. The van der Waals surface area contributed by atoms with E-state index in [1.165, 1.54) is 20.4 Å². The smallest absolute Gasteiger partial charge is 0.353 e. The van der Waals surface area contributed by atoms with E-state index in [1.54, 1.807) is 0 Å². The molecule has 2 heterocycles. The van der Waals surface area contributed by atoms with E-state index in [0.717, 1.165) is 17.7 Å². The molecule has 1 aromatic rings. The Morgan fingerprint density at radius 3 is 2.50 bits per heavy atom. The zero-order chi connectivity index (χ0) is 17.9. The van der Waals surface area contributed by atoms with Gasteiger partial charge in [0.1, 0.15) is 12.2 Å². The summed E-state index contributed by atoms with van der Waals surface area (Å²) in [6, 6.07) is 1.15. The van der Waals surface area contributed by atoms with E-state index < -0.39 is 49.9 Å². The molecule has 0 aromatic carbocycles. The number of H-pyrrole nitrogens is 1. The van der Waals surface area contributed by atoms with Crippen LogP contribution in [-0.4, -0.2) is 60.6 Å². The molecule has 1 aliphatic heterocycles. The van der Waals surface area contributed by atoms with Gasteiger partial charge in [-0.25, -0.2) is 4.79 Å². The lowest BCUT2D eigenvalue weighted by atomic mass is 10.2. The Bertz CT molecular complexity index is 717. The van der Waals surface area contributed by atoms with Crippen LogP contribution in [0.3, 0.4) is 0 Å². The molecule has 2 rings (SSSR count). The lowest BCUT2D eigenvalue weighted by molar-refractivity contribution is -0.173. The molecule has 0 radical (unpaired) electrons. The maximum Gasteiger partial charge on any atom is 0.353 e. The van der Waals surface area contributed by atoms with Crippen LogP contribution in [0.2, 0.25) is 0 Å². The molecule has 136 valence electrons. The number of rotatable bonds is 7. The minimum Gasteiger partial charge on any atom is -0.374 e. The third-order valence-electron chi connectivity index (χ3n) is 3.50. The summed E-state index contributed by atoms with van der Waals surface area (Å²) < 4.78 is 38.5. The fourth-order valence-electron chi connectivity index (χ4n) is 2.31. The third kappa shape index (κ3) is 4.01. The fraction of sp³-hybridized carbons (Fsp3) is 0.667. The zero-order valence-corrected chi connectivity index (χ0v) is 14.2. The average Bonchev–Trinajstić information content (AvgIpc) is 2.90. The van der Waals surface area contributed by atoms with Crippen molar-refractivity contribution >= 4 is 7.60 Å². The number of ether oxygens (including phenoxy) is 4. The molecule has 0 aliphatic carbocycles. The van der Waals surface area contributed by atoms with Crippen molar-refractivity contribution in [2.24, 2.45) is 0 Å². The van der Waals surface area contributed by atoms with Crippen LogP contribution in [0.25, 0.3) is 0 Å². The van der Waals surface area contributed by atoms with E-state index in [4.69, 9.17) is 18.9 Å². The number of methoxy groups -OCH3 is 2. The van der Waals surface area contributed by atoms with Crippen LogP contribution in [0.5, 0.6) is 0 Å². The summed E-state index contributed by atoms with van der Waals surface area (Å²) in [5.41, 5.74) is -1.25. The molecule has 0 bridgehead atoms. The van der Waals surface area contributed by atoms with Crippen molar-refractivity contribution in [2.75, 3.05) is 27.7 Å². The summed E-state index contributed by atoms with van der Waals surface area (Å²) >= 11 is 0. The van der Waals surface area contributed by atoms with E-state index in [1.807, 2.05) is 0 Å². The summed E-state index contributed by atoms with van der Waals surface area (Å²) in [4.78, 5) is 34.6. The highest BCUT2D eigenvalue weighted by Crippen LogP contribution is 2.42. The van der Waals surface area contributed by atoms with Gasteiger partial charge in [0.05, 0.1) is 0 Å². The minimum absolute atomic E-state index is 0.555. The Labute approximate surface area is 136 Å². The molecule has 1 unspecified atom stereocenters. The van der Waals surface area contributed by atoms with Gasteiger partial charge in [0.25, 0.3) is 5.56 Å². The summed E-state index contributed by atoms with van der Waals surface area (Å²) in [5.74, 6) is 0. The molecule has 24 heavy (non-hydrogen) atoms. The molecule has 0 spiro atoms. The fourth-order valence-corrected chi connectivity index (χ4v) is 2.75. The molecular formula is C12H19N2O9P. The van der Waals surface area contributed by atoms with Crippen LogP contribution in [0, 0.1) is 0 Å². The van der Waals surface area contributed by atoms with Crippen LogP contribution in [0.4, 0.5) is 0 Å². The second-order valence-electron chi connectivity index (χ2n) is 4.93. The molecule has 0 saturated carbocycles. The molecule has 5 atom stereocenters. The standard InChI is InChI=1S/C12H19N2O9P/c1-19-8-9(20-2)11(22-6-24(17,18)21-3)23-10(8)14-5-4-7(15)13-12(14)16/h4-5,8-11H,6H2,1-3H3,(H,17,18)(H,13,15,16)/t8-,9+,10-,11+/m1/s1. The Kier molecular flexibility index (Phi) is 6.10. The maximum absolute atomic E-state index is 11.9. The van der Waals surface area contributed by atoms with Gasteiger partial charge in [-0.3, -0.25) is 18.9 Å². The highest BCUT2D eigenvalue weighted by Gasteiger charge is 2.48. The maximum atomic E-state index is 11.9. The van der Waals surface area contributed by atoms with Gasteiger partial charge >= 0.3 is 13.3 Å². The summed E-state index contributed by atoms with van der Waals surface area (Å²) in [6.45, 7) is 0. The second kappa shape index (κ2) is 7.70. The first kappa shape index (κ1) is 19.0. The third-order valence-corrected chi connectivity index (χ3v) is 4.55. The van der Waals surface area contributed by atoms with Gasteiger partial charge in [-0.1, -0.05) is 0 Å². The molecule has 1 saturated heterocycles. The van der Waals surface area contributed by atoms with E-state index in [9.17, 15) is 19.0 Å². The number of aromatic nitrogens is 2. The van der Waals surface area contributed by atoms with Crippen molar-refractivity contribution in [1.82, 2.24) is 9.55 Å².